The van der Waals surface area contributed by atoms with Gasteiger partial charge in [0.1, 0.15) is 11.9 Å². The number of rotatable bonds is 4. The van der Waals surface area contributed by atoms with Gasteiger partial charge in [-0.25, -0.2) is 0 Å². The average Bonchev–Trinajstić information content (AvgIpc) is 2.24. The summed E-state index contributed by atoms with van der Waals surface area (Å²) in [6.45, 7) is 3.51. The number of alkyl halides is 1. The van der Waals surface area contributed by atoms with Gasteiger partial charge in [0.2, 0.25) is 0 Å². The van der Waals surface area contributed by atoms with Gasteiger partial charge in [-0.05, 0) is 49.1 Å². The van der Waals surface area contributed by atoms with Crippen molar-refractivity contribution in [1.82, 2.24) is 0 Å². The summed E-state index contributed by atoms with van der Waals surface area (Å²) in [6, 6.07) is 3.34. The van der Waals surface area contributed by atoms with Crippen LogP contribution in [0.1, 0.15) is 29.2 Å². The Kier molecular flexibility index (Phi) is 4.59. The number of aliphatic hydroxyl groups is 2. The first-order valence-corrected chi connectivity index (χ1v) is 5.73. The summed E-state index contributed by atoms with van der Waals surface area (Å²) in [5, 5.41) is 29.1. The molecule has 4 heteroatoms. The van der Waals surface area contributed by atoms with Crippen LogP contribution in [0, 0.1) is 13.8 Å². The van der Waals surface area contributed by atoms with Crippen LogP contribution < -0.4 is 0 Å². The number of hydrogen-bond acceptors (Lipinski definition) is 3. The van der Waals surface area contributed by atoms with E-state index in [4.69, 9.17) is 11.6 Å². The molecule has 0 bridgehead atoms. The molecule has 1 aromatic carbocycles. The molecule has 16 heavy (non-hydrogen) atoms. The van der Waals surface area contributed by atoms with Crippen LogP contribution >= 0.6 is 11.6 Å². The van der Waals surface area contributed by atoms with Crippen molar-refractivity contribution in [1.29, 1.82) is 0 Å². The number of aryl methyl sites for hydroxylation is 2. The lowest BCUT2D eigenvalue weighted by molar-refractivity contribution is 0.0169. The van der Waals surface area contributed by atoms with Gasteiger partial charge in [-0.15, -0.1) is 11.6 Å². The van der Waals surface area contributed by atoms with Gasteiger partial charge >= 0.3 is 0 Å². The van der Waals surface area contributed by atoms with E-state index < -0.39 is 12.2 Å². The molecule has 0 fully saturated rings. The van der Waals surface area contributed by atoms with Crippen LogP contribution in [-0.2, 0) is 0 Å². The van der Waals surface area contributed by atoms with Crippen LogP contribution in [0.25, 0.3) is 0 Å². The quantitative estimate of drug-likeness (QED) is 0.711. The Bertz CT molecular complexity index is 342. The van der Waals surface area contributed by atoms with Gasteiger partial charge in [-0.1, -0.05) is 0 Å². The summed E-state index contributed by atoms with van der Waals surface area (Å²) in [4.78, 5) is 0. The summed E-state index contributed by atoms with van der Waals surface area (Å²) in [6.07, 6.45) is -1.50. The molecule has 1 rings (SSSR count). The van der Waals surface area contributed by atoms with Crippen LogP contribution in [0.2, 0.25) is 0 Å². The maximum atomic E-state index is 9.87. The van der Waals surface area contributed by atoms with Gasteiger partial charge in [0, 0.05) is 5.88 Å². The fraction of sp³-hybridized carbons (Fsp3) is 0.500. The molecule has 90 valence electrons. The zero-order valence-electron chi connectivity index (χ0n) is 9.44. The van der Waals surface area contributed by atoms with E-state index in [1.165, 1.54) is 0 Å². The SMILES string of the molecule is Cc1cc(C(O)C(O)CCCl)cc(C)c1O. The molecule has 0 heterocycles. The number of hydrogen-bond donors (Lipinski definition) is 3. The molecule has 0 aliphatic carbocycles. The van der Waals surface area contributed by atoms with Crippen molar-refractivity contribution in [3.8, 4) is 5.75 Å². The van der Waals surface area contributed by atoms with Gasteiger partial charge < -0.3 is 15.3 Å². The molecule has 0 aliphatic heterocycles. The predicted molar refractivity (Wildman–Crippen MR) is 63.9 cm³/mol. The smallest absolute Gasteiger partial charge is 0.121 e. The van der Waals surface area contributed by atoms with E-state index in [1.54, 1.807) is 26.0 Å². The molecule has 2 unspecified atom stereocenters. The minimum absolute atomic E-state index is 0.225. The van der Waals surface area contributed by atoms with Gasteiger partial charge in [-0.2, -0.15) is 0 Å². The lowest BCUT2D eigenvalue weighted by Gasteiger charge is -2.18. The van der Waals surface area contributed by atoms with Crippen molar-refractivity contribution in [2.75, 3.05) is 5.88 Å². The highest BCUT2D eigenvalue weighted by atomic mass is 35.5. The van der Waals surface area contributed by atoms with E-state index in [-0.39, 0.29) is 5.75 Å². The van der Waals surface area contributed by atoms with Crippen LogP contribution in [-0.4, -0.2) is 27.3 Å². The molecule has 0 radical (unpaired) electrons. The second kappa shape index (κ2) is 5.53. The van der Waals surface area contributed by atoms with E-state index in [0.29, 0.717) is 29.0 Å². The molecule has 2 atom stereocenters. The normalized spacial score (nSPS) is 14.8. The number of phenols is 1. The zero-order valence-corrected chi connectivity index (χ0v) is 10.2. The van der Waals surface area contributed by atoms with Gasteiger partial charge in [0.25, 0.3) is 0 Å². The van der Waals surface area contributed by atoms with E-state index in [2.05, 4.69) is 0 Å². The highest BCUT2D eigenvalue weighted by Crippen LogP contribution is 2.28. The molecule has 0 saturated heterocycles. The second-order valence-electron chi connectivity index (χ2n) is 3.99. The van der Waals surface area contributed by atoms with Crippen molar-refractivity contribution in [2.24, 2.45) is 0 Å². The van der Waals surface area contributed by atoms with E-state index in [9.17, 15) is 15.3 Å². The maximum Gasteiger partial charge on any atom is 0.121 e. The Morgan fingerprint density at radius 2 is 1.69 bits per heavy atom. The Morgan fingerprint density at radius 1 is 1.19 bits per heavy atom. The Balaban J connectivity index is 2.96. The molecule has 0 aromatic heterocycles. The van der Waals surface area contributed by atoms with Crippen molar-refractivity contribution in [3.05, 3.63) is 28.8 Å². The molecule has 0 aliphatic rings. The van der Waals surface area contributed by atoms with Gasteiger partial charge in [-0.3, -0.25) is 0 Å². The molecule has 0 spiro atoms. The number of halogens is 1. The number of phenolic OH excluding ortho intramolecular Hbond substituents is 1. The zero-order chi connectivity index (χ0) is 12.3. The standard InChI is InChI=1S/C12H17ClO3/c1-7-5-9(6-8(2)11(7)15)12(16)10(14)3-4-13/h5-6,10,12,14-16H,3-4H2,1-2H3. The van der Waals surface area contributed by atoms with Gasteiger partial charge in [0.05, 0.1) is 6.10 Å². The summed E-state index contributed by atoms with van der Waals surface area (Å²) >= 11 is 5.50. The van der Waals surface area contributed by atoms with Crippen molar-refractivity contribution in [2.45, 2.75) is 32.5 Å². The van der Waals surface area contributed by atoms with Crippen LogP contribution in [0.5, 0.6) is 5.75 Å². The summed E-state index contributed by atoms with van der Waals surface area (Å²) in [7, 11) is 0. The van der Waals surface area contributed by atoms with Crippen LogP contribution in [0.3, 0.4) is 0 Å². The predicted octanol–water partition coefficient (Wildman–Crippen LogP) is 2.03. The van der Waals surface area contributed by atoms with Crippen molar-refractivity contribution in [3.63, 3.8) is 0 Å². The summed E-state index contributed by atoms with van der Waals surface area (Å²) in [5.74, 6) is 0.525. The van der Waals surface area contributed by atoms with E-state index >= 15 is 0 Å². The first-order valence-electron chi connectivity index (χ1n) is 5.19. The third-order valence-electron chi connectivity index (χ3n) is 2.62. The minimum Gasteiger partial charge on any atom is -0.507 e. The van der Waals surface area contributed by atoms with Crippen LogP contribution in [0.15, 0.2) is 12.1 Å². The first-order chi connectivity index (χ1) is 7.47. The first kappa shape index (κ1) is 13.3. The third kappa shape index (κ3) is 2.88. The molecular formula is C12H17ClO3. The maximum absolute atomic E-state index is 9.87. The summed E-state index contributed by atoms with van der Waals surface area (Å²) in [5.41, 5.74) is 1.98. The lowest BCUT2D eigenvalue weighted by Crippen LogP contribution is -2.18. The fourth-order valence-corrected chi connectivity index (χ4v) is 1.88. The lowest BCUT2D eigenvalue weighted by atomic mass is 9.98. The Labute approximate surface area is 100 Å². The van der Waals surface area contributed by atoms with Gasteiger partial charge in [0.15, 0.2) is 0 Å². The average molecular weight is 245 g/mol. The fourth-order valence-electron chi connectivity index (χ4n) is 1.65. The van der Waals surface area contributed by atoms with Crippen LogP contribution in [0.4, 0.5) is 0 Å². The van der Waals surface area contributed by atoms with Crippen molar-refractivity contribution < 1.29 is 15.3 Å². The monoisotopic (exact) mass is 244 g/mol. The Hall–Kier alpha value is -0.770. The number of benzene rings is 1. The largest absolute Gasteiger partial charge is 0.507 e. The molecule has 3 N–H and O–H groups in total. The van der Waals surface area contributed by atoms with E-state index in [0.717, 1.165) is 0 Å². The minimum atomic E-state index is -0.961. The molecule has 0 amide bonds. The molecule has 0 saturated carbocycles. The molecule has 1 aromatic rings. The van der Waals surface area contributed by atoms with Crippen molar-refractivity contribution >= 4 is 11.6 Å². The summed E-state index contributed by atoms with van der Waals surface area (Å²) < 4.78 is 0. The number of aliphatic hydroxyl groups excluding tert-OH is 2. The second-order valence-corrected chi connectivity index (χ2v) is 4.37. The highest BCUT2D eigenvalue weighted by Gasteiger charge is 2.19. The third-order valence-corrected chi connectivity index (χ3v) is 2.84. The molecule has 3 nitrogen and oxygen atoms in total. The topological polar surface area (TPSA) is 60.7 Å². The highest BCUT2D eigenvalue weighted by molar-refractivity contribution is 6.17. The Morgan fingerprint density at radius 3 is 2.12 bits per heavy atom. The number of aromatic hydroxyl groups is 1. The van der Waals surface area contributed by atoms with E-state index in [1.807, 2.05) is 0 Å². The molecular weight excluding hydrogens is 228 g/mol.